The summed E-state index contributed by atoms with van der Waals surface area (Å²) in [5.41, 5.74) is 0. The fourth-order valence-electron chi connectivity index (χ4n) is 3.06. The highest BCUT2D eigenvalue weighted by molar-refractivity contribution is 5.77. The molecular formula is C14H26N2O. The molecule has 1 amide bonds. The summed E-state index contributed by atoms with van der Waals surface area (Å²) >= 11 is 0. The lowest BCUT2D eigenvalue weighted by Crippen LogP contribution is -2.44. The van der Waals surface area contributed by atoms with Crippen LogP contribution in [-0.2, 0) is 4.79 Å². The molecule has 2 aliphatic heterocycles. The Morgan fingerprint density at radius 1 is 1.29 bits per heavy atom. The molecule has 0 spiro atoms. The lowest BCUT2D eigenvalue weighted by molar-refractivity contribution is -0.133. The highest BCUT2D eigenvalue weighted by Crippen LogP contribution is 2.20. The Labute approximate surface area is 105 Å². The summed E-state index contributed by atoms with van der Waals surface area (Å²) < 4.78 is 0. The maximum Gasteiger partial charge on any atom is 0.224 e. The first-order valence-corrected chi connectivity index (χ1v) is 7.30. The second-order valence-corrected chi connectivity index (χ2v) is 5.61. The molecule has 98 valence electrons. The van der Waals surface area contributed by atoms with Crippen LogP contribution in [0.2, 0.25) is 0 Å². The number of hydrogen-bond donors (Lipinski definition) is 1. The number of carbonyl (C=O) groups excluding carboxylic acids is 1. The molecule has 0 aromatic heterocycles. The summed E-state index contributed by atoms with van der Waals surface area (Å²) in [5.74, 6) is 1.12. The van der Waals surface area contributed by atoms with Crippen LogP contribution < -0.4 is 5.32 Å². The monoisotopic (exact) mass is 238 g/mol. The van der Waals surface area contributed by atoms with Crippen LogP contribution in [0.1, 0.15) is 51.9 Å². The van der Waals surface area contributed by atoms with Gasteiger partial charge in [-0.05, 0) is 38.1 Å². The van der Waals surface area contributed by atoms with Gasteiger partial charge in [0.1, 0.15) is 0 Å². The van der Waals surface area contributed by atoms with Gasteiger partial charge in [-0.2, -0.15) is 0 Å². The fourth-order valence-corrected chi connectivity index (χ4v) is 3.06. The van der Waals surface area contributed by atoms with E-state index in [-0.39, 0.29) is 0 Å². The molecule has 0 bridgehead atoms. The van der Waals surface area contributed by atoms with E-state index in [2.05, 4.69) is 17.1 Å². The lowest BCUT2D eigenvalue weighted by atomic mass is 9.94. The van der Waals surface area contributed by atoms with Crippen molar-refractivity contribution in [2.45, 2.75) is 57.9 Å². The summed E-state index contributed by atoms with van der Waals surface area (Å²) in [6.07, 6.45) is 8.16. The predicted octanol–water partition coefficient (Wildman–Crippen LogP) is 2.17. The first-order chi connectivity index (χ1) is 8.29. The maximum absolute atomic E-state index is 12.2. The Bertz CT molecular complexity index is 249. The smallest absolute Gasteiger partial charge is 0.224 e. The normalized spacial score (nSPS) is 30.3. The number of likely N-dealkylation sites (tertiary alicyclic amines) is 1. The van der Waals surface area contributed by atoms with Crippen LogP contribution in [0.5, 0.6) is 0 Å². The van der Waals surface area contributed by atoms with Crippen LogP contribution in [0.3, 0.4) is 0 Å². The summed E-state index contributed by atoms with van der Waals surface area (Å²) in [7, 11) is 0. The number of nitrogens with zero attached hydrogens (tertiary/aromatic N) is 1. The van der Waals surface area contributed by atoms with E-state index in [9.17, 15) is 4.79 Å². The molecule has 2 aliphatic rings. The Balaban J connectivity index is 1.78. The van der Waals surface area contributed by atoms with Gasteiger partial charge in [0.2, 0.25) is 5.91 Å². The number of hydrogen-bond acceptors (Lipinski definition) is 2. The van der Waals surface area contributed by atoms with Gasteiger partial charge in [-0.25, -0.2) is 0 Å². The van der Waals surface area contributed by atoms with Crippen LogP contribution in [0.4, 0.5) is 0 Å². The van der Waals surface area contributed by atoms with Crippen LogP contribution in [0.25, 0.3) is 0 Å². The average Bonchev–Trinajstić information content (AvgIpc) is 2.40. The largest absolute Gasteiger partial charge is 0.342 e. The minimum atomic E-state index is 0.377. The highest BCUT2D eigenvalue weighted by Gasteiger charge is 2.25. The van der Waals surface area contributed by atoms with Crippen LogP contribution in [-0.4, -0.2) is 36.5 Å². The first-order valence-electron chi connectivity index (χ1n) is 7.30. The van der Waals surface area contributed by atoms with Crippen molar-refractivity contribution in [2.24, 2.45) is 5.92 Å². The van der Waals surface area contributed by atoms with Gasteiger partial charge in [0.05, 0.1) is 0 Å². The van der Waals surface area contributed by atoms with Gasteiger partial charge >= 0.3 is 0 Å². The van der Waals surface area contributed by atoms with Gasteiger partial charge in [-0.3, -0.25) is 4.79 Å². The van der Waals surface area contributed by atoms with Gasteiger partial charge in [0.15, 0.2) is 0 Å². The minimum Gasteiger partial charge on any atom is -0.342 e. The van der Waals surface area contributed by atoms with Gasteiger partial charge in [-0.1, -0.05) is 19.8 Å². The Morgan fingerprint density at radius 2 is 2.18 bits per heavy atom. The van der Waals surface area contributed by atoms with Crippen molar-refractivity contribution in [2.75, 3.05) is 19.6 Å². The minimum absolute atomic E-state index is 0.377. The van der Waals surface area contributed by atoms with Gasteiger partial charge in [0, 0.05) is 25.6 Å². The van der Waals surface area contributed by atoms with Crippen molar-refractivity contribution in [3.63, 3.8) is 0 Å². The Morgan fingerprint density at radius 3 is 2.88 bits per heavy atom. The van der Waals surface area contributed by atoms with E-state index >= 15 is 0 Å². The standard InChI is InChI=1S/C14H26N2O/c1-2-12-6-5-9-16(11-12)14(17)10-13-7-3-4-8-15-13/h12-13,15H,2-11H2,1H3. The van der Waals surface area contributed by atoms with Crippen LogP contribution in [0, 0.1) is 5.92 Å². The molecule has 2 rings (SSSR count). The molecule has 17 heavy (non-hydrogen) atoms. The fraction of sp³-hybridized carbons (Fsp3) is 0.929. The third-order valence-corrected chi connectivity index (χ3v) is 4.28. The van der Waals surface area contributed by atoms with Gasteiger partial charge in [-0.15, -0.1) is 0 Å². The van der Waals surface area contributed by atoms with E-state index in [1.807, 2.05) is 0 Å². The molecule has 2 heterocycles. The van der Waals surface area contributed by atoms with Crippen molar-refractivity contribution in [1.29, 1.82) is 0 Å². The van der Waals surface area contributed by atoms with Gasteiger partial charge < -0.3 is 10.2 Å². The van der Waals surface area contributed by atoms with Crippen molar-refractivity contribution < 1.29 is 4.79 Å². The van der Waals surface area contributed by atoms with Gasteiger partial charge in [0.25, 0.3) is 0 Å². The molecule has 1 N–H and O–H groups in total. The second kappa shape index (κ2) is 6.39. The second-order valence-electron chi connectivity index (χ2n) is 5.61. The topological polar surface area (TPSA) is 32.3 Å². The highest BCUT2D eigenvalue weighted by atomic mass is 16.2. The Kier molecular flexibility index (Phi) is 4.84. The van der Waals surface area contributed by atoms with Crippen molar-refractivity contribution in [1.82, 2.24) is 10.2 Å². The molecule has 2 atom stereocenters. The molecule has 2 fully saturated rings. The zero-order valence-electron chi connectivity index (χ0n) is 11.1. The molecule has 0 aromatic carbocycles. The lowest BCUT2D eigenvalue weighted by Gasteiger charge is -2.34. The molecule has 2 unspecified atom stereocenters. The molecule has 0 saturated carbocycles. The molecule has 0 aromatic rings. The number of carbonyl (C=O) groups is 1. The van der Waals surface area contributed by atoms with Crippen LogP contribution >= 0.6 is 0 Å². The van der Waals surface area contributed by atoms with Crippen molar-refractivity contribution in [3.8, 4) is 0 Å². The van der Waals surface area contributed by atoms with E-state index < -0.39 is 0 Å². The summed E-state index contributed by atoms with van der Waals surface area (Å²) in [6.45, 7) is 5.32. The molecule has 3 nitrogen and oxygen atoms in total. The number of rotatable bonds is 3. The molecule has 0 aliphatic carbocycles. The zero-order valence-corrected chi connectivity index (χ0v) is 11.1. The third-order valence-electron chi connectivity index (χ3n) is 4.28. The molecule has 0 radical (unpaired) electrons. The molecule has 3 heteroatoms. The maximum atomic E-state index is 12.2. The average molecular weight is 238 g/mol. The van der Waals surface area contributed by atoms with Crippen molar-refractivity contribution in [3.05, 3.63) is 0 Å². The first kappa shape index (κ1) is 12.9. The summed E-state index contributed by atoms with van der Waals surface area (Å²) in [4.78, 5) is 14.3. The SMILES string of the molecule is CCC1CCCN(C(=O)CC2CCCCN2)C1. The number of piperidine rings is 2. The molecular weight excluding hydrogens is 212 g/mol. The quantitative estimate of drug-likeness (QED) is 0.817. The summed E-state index contributed by atoms with van der Waals surface area (Å²) in [6, 6.07) is 0.443. The van der Waals surface area contributed by atoms with Crippen LogP contribution in [0.15, 0.2) is 0 Å². The van der Waals surface area contributed by atoms with E-state index in [4.69, 9.17) is 0 Å². The van der Waals surface area contributed by atoms with E-state index in [0.717, 1.165) is 32.0 Å². The Hall–Kier alpha value is -0.570. The predicted molar refractivity (Wildman–Crippen MR) is 69.9 cm³/mol. The summed E-state index contributed by atoms with van der Waals surface area (Å²) in [5, 5.41) is 3.47. The van der Waals surface area contributed by atoms with E-state index in [0.29, 0.717) is 11.9 Å². The van der Waals surface area contributed by atoms with E-state index in [1.54, 1.807) is 0 Å². The van der Waals surface area contributed by atoms with E-state index in [1.165, 1.54) is 38.5 Å². The van der Waals surface area contributed by atoms with Crippen molar-refractivity contribution >= 4 is 5.91 Å². The number of nitrogens with one attached hydrogen (secondary N) is 1. The zero-order chi connectivity index (χ0) is 12.1. The third kappa shape index (κ3) is 3.70. The number of amides is 1. The molecule has 2 saturated heterocycles.